The van der Waals surface area contributed by atoms with E-state index in [4.69, 9.17) is 10.5 Å². The summed E-state index contributed by atoms with van der Waals surface area (Å²) in [5.41, 5.74) is 6.60. The first-order chi connectivity index (χ1) is 9.06. The number of carbonyl (C=O) groups is 1. The molecule has 0 saturated heterocycles. The molecule has 0 heterocycles. The molecule has 98 valence electrons. The van der Waals surface area contributed by atoms with Crippen LogP contribution in [0.25, 0.3) is 0 Å². The first-order valence-corrected chi connectivity index (χ1v) is 5.56. The number of esters is 1. The quantitative estimate of drug-likeness (QED) is 0.505. The van der Waals surface area contributed by atoms with E-state index in [1.165, 1.54) is 42.5 Å². The number of carbonyl (C=O) groups excluding carboxylic acids is 1. The number of ether oxygens (including phenoxy) is 1. The van der Waals surface area contributed by atoms with Crippen molar-refractivity contribution in [1.82, 2.24) is 0 Å². The first-order valence-electron chi connectivity index (χ1n) is 5.56. The van der Waals surface area contributed by atoms with E-state index in [2.05, 4.69) is 0 Å². The van der Waals surface area contributed by atoms with Crippen LogP contribution in [0.3, 0.4) is 0 Å². The van der Waals surface area contributed by atoms with E-state index in [0.29, 0.717) is 5.56 Å². The van der Waals surface area contributed by atoms with Crippen molar-refractivity contribution in [1.29, 1.82) is 0 Å². The minimum absolute atomic E-state index is 0.00814. The Morgan fingerprint density at radius 2 is 1.89 bits per heavy atom. The number of phenols is 1. The second-order valence-corrected chi connectivity index (χ2v) is 3.97. The summed E-state index contributed by atoms with van der Waals surface area (Å²) in [7, 11) is 0. The zero-order valence-corrected chi connectivity index (χ0v) is 9.97. The second kappa shape index (κ2) is 5.39. The number of nitrogens with two attached hydrogens (primary N) is 1. The van der Waals surface area contributed by atoms with Gasteiger partial charge in [-0.3, -0.25) is 0 Å². The number of phenolic OH excluding ortho intramolecular Hbond substituents is 1. The van der Waals surface area contributed by atoms with Crippen molar-refractivity contribution in [3.05, 3.63) is 59.4 Å². The van der Waals surface area contributed by atoms with Gasteiger partial charge in [0.2, 0.25) is 0 Å². The third-order valence-electron chi connectivity index (χ3n) is 2.54. The van der Waals surface area contributed by atoms with Gasteiger partial charge in [0.25, 0.3) is 0 Å². The molecule has 2 aromatic carbocycles. The number of rotatable bonds is 3. The number of benzene rings is 2. The molecule has 3 N–H and O–H groups in total. The van der Waals surface area contributed by atoms with Crippen LogP contribution in [-0.4, -0.2) is 11.1 Å². The van der Waals surface area contributed by atoms with Gasteiger partial charge in [-0.2, -0.15) is 0 Å². The summed E-state index contributed by atoms with van der Waals surface area (Å²) in [6, 6.07) is 9.65. The maximum absolute atomic E-state index is 12.7. The summed E-state index contributed by atoms with van der Waals surface area (Å²) in [6.07, 6.45) is 0. The number of halogens is 1. The van der Waals surface area contributed by atoms with Crippen LogP contribution in [0.2, 0.25) is 0 Å². The maximum atomic E-state index is 12.7. The number of hydrogen-bond acceptors (Lipinski definition) is 4. The third kappa shape index (κ3) is 3.22. The fraction of sp³-hybridized carbons (Fsp3) is 0.0714. The topological polar surface area (TPSA) is 72.5 Å². The van der Waals surface area contributed by atoms with Crippen molar-refractivity contribution < 1.29 is 19.0 Å². The summed E-state index contributed by atoms with van der Waals surface area (Å²) < 4.78 is 17.7. The van der Waals surface area contributed by atoms with Crippen LogP contribution in [0.15, 0.2) is 42.5 Å². The van der Waals surface area contributed by atoms with Crippen LogP contribution >= 0.6 is 0 Å². The highest BCUT2D eigenvalue weighted by Crippen LogP contribution is 2.19. The average Bonchev–Trinajstić information content (AvgIpc) is 2.40. The zero-order valence-electron chi connectivity index (χ0n) is 9.97. The zero-order chi connectivity index (χ0) is 13.8. The number of aromatic hydroxyl groups is 1. The highest BCUT2D eigenvalue weighted by Gasteiger charge is 2.12. The summed E-state index contributed by atoms with van der Waals surface area (Å²) >= 11 is 0. The molecular weight excluding hydrogens is 249 g/mol. The second-order valence-electron chi connectivity index (χ2n) is 3.97. The number of anilines is 1. The van der Waals surface area contributed by atoms with Crippen LogP contribution < -0.4 is 5.73 Å². The van der Waals surface area contributed by atoms with Gasteiger partial charge in [0.1, 0.15) is 18.2 Å². The molecule has 0 aromatic heterocycles. The predicted octanol–water partition coefficient (Wildman–Crippen LogP) is 2.47. The molecule has 0 amide bonds. The Balaban J connectivity index is 2.05. The average molecular weight is 261 g/mol. The normalized spacial score (nSPS) is 10.2. The van der Waals surface area contributed by atoms with Crippen LogP contribution in [-0.2, 0) is 11.3 Å². The lowest BCUT2D eigenvalue weighted by Crippen LogP contribution is -2.08. The van der Waals surface area contributed by atoms with Crippen molar-refractivity contribution in [3.8, 4) is 5.75 Å². The summed E-state index contributed by atoms with van der Waals surface area (Å²) in [6.45, 7) is 0.00814. The lowest BCUT2D eigenvalue weighted by Gasteiger charge is -2.07. The van der Waals surface area contributed by atoms with Gasteiger partial charge in [0.15, 0.2) is 0 Å². The predicted molar refractivity (Wildman–Crippen MR) is 68.0 cm³/mol. The van der Waals surface area contributed by atoms with E-state index in [0.717, 1.165) is 0 Å². The highest BCUT2D eigenvalue weighted by atomic mass is 19.1. The van der Waals surface area contributed by atoms with E-state index >= 15 is 0 Å². The SMILES string of the molecule is Nc1ccc(O)cc1C(=O)OCc1ccc(F)cc1. The molecule has 0 fully saturated rings. The molecule has 0 aliphatic heterocycles. The molecule has 0 bridgehead atoms. The molecule has 0 aliphatic carbocycles. The molecular formula is C14H12FNO3. The van der Waals surface area contributed by atoms with Gasteiger partial charge in [-0.05, 0) is 35.9 Å². The van der Waals surface area contributed by atoms with Gasteiger partial charge in [0, 0.05) is 5.69 Å². The Morgan fingerprint density at radius 1 is 1.21 bits per heavy atom. The Morgan fingerprint density at radius 3 is 2.58 bits per heavy atom. The lowest BCUT2D eigenvalue weighted by atomic mass is 10.1. The van der Waals surface area contributed by atoms with Crippen molar-refractivity contribution >= 4 is 11.7 Å². The smallest absolute Gasteiger partial charge is 0.340 e. The monoisotopic (exact) mass is 261 g/mol. The van der Waals surface area contributed by atoms with Crippen LogP contribution in [0.1, 0.15) is 15.9 Å². The van der Waals surface area contributed by atoms with E-state index in [-0.39, 0.29) is 29.4 Å². The van der Waals surface area contributed by atoms with E-state index < -0.39 is 5.97 Å². The third-order valence-corrected chi connectivity index (χ3v) is 2.54. The van der Waals surface area contributed by atoms with Crippen LogP contribution in [0, 0.1) is 5.82 Å². The molecule has 5 heteroatoms. The van der Waals surface area contributed by atoms with Gasteiger partial charge in [-0.15, -0.1) is 0 Å². The summed E-state index contributed by atoms with van der Waals surface area (Å²) in [5, 5.41) is 9.30. The van der Waals surface area contributed by atoms with Gasteiger partial charge in [-0.25, -0.2) is 9.18 Å². The standard InChI is InChI=1S/C14H12FNO3/c15-10-3-1-9(2-4-10)8-19-14(18)12-7-11(17)5-6-13(12)16/h1-7,17H,8,16H2. The molecule has 0 spiro atoms. The number of nitrogen functional groups attached to an aromatic ring is 1. The Bertz CT molecular complexity index is 596. The minimum Gasteiger partial charge on any atom is -0.508 e. The maximum Gasteiger partial charge on any atom is 0.340 e. The van der Waals surface area contributed by atoms with Gasteiger partial charge in [0.05, 0.1) is 5.56 Å². The Kier molecular flexibility index (Phi) is 3.66. The molecule has 0 aliphatic rings. The van der Waals surface area contributed by atoms with E-state index in [1.54, 1.807) is 0 Å². The molecule has 0 unspecified atom stereocenters. The molecule has 0 atom stereocenters. The van der Waals surface area contributed by atoms with Gasteiger partial charge in [-0.1, -0.05) is 12.1 Å². The van der Waals surface area contributed by atoms with Crippen molar-refractivity contribution in [2.24, 2.45) is 0 Å². The fourth-order valence-electron chi connectivity index (χ4n) is 1.53. The molecule has 19 heavy (non-hydrogen) atoms. The van der Waals surface area contributed by atoms with Crippen LogP contribution in [0.5, 0.6) is 5.75 Å². The van der Waals surface area contributed by atoms with Crippen LogP contribution in [0.4, 0.5) is 10.1 Å². The molecule has 2 aromatic rings. The van der Waals surface area contributed by atoms with E-state index in [9.17, 15) is 14.3 Å². The van der Waals surface area contributed by atoms with E-state index in [1.807, 2.05) is 0 Å². The first kappa shape index (κ1) is 12.9. The van der Waals surface area contributed by atoms with Crippen molar-refractivity contribution in [2.45, 2.75) is 6.61 Å². The largest absolute Gasteiger partial charge is 0.508 e. The minimum atomic E-state index is -0.641. The van der Waals surface area contributed by atoms with Gasteiger partial charge < -0.3 is 15.6 Å². The summed E-state index contributed by atoms with van der Waals surface area (Å²) in [4.78, 5) is 11.8. The lowest BCUT2D eigenvalue weighted by molar-refractivity contribution is 0.0473. The molecule has 4 nitrogen and oxygen atoms in total. The van der Waals surface area contributed by atoms with Gasteiger partial charge >= 0.3 is 5.97 Å². The summed E-state index contributed by atoms with van der Waals surface area (Å²) in [5.74, 6) is -1.06. The highest BCUT2D eigenvalue weighted by molar-refractivity contribution is 5.95. The Labute approximate surface area is 109 Å². The molecule has 2 rings (SSSR count). The molecule has 0 radical (unpaired) electrons. The molecule has 0 saturated carbocycles. The van der Waals surface area contributed by atoms with Crippen molar-refractivity contribution in [2.75, 3.05) is 5.73 Å². The van der Waals surface area contributed by atoms with Crippen molar-refractivity contribution in [3.63, 3.8) is 0 Å². The Hall–Kier alpha value is -2.56. The number of hydrogen-bond donors (Lipinski definition) is 2. The fourth-order valence-corrected chi connectivity index (χ4v) is 1.53.